The molecule has 0 aliphatic carbocycles. The van der Waals surface area contributed by atoms with Gasteiger partial charge in [-0.3, -0.25) is 4.79 Å². The zero-order valence-electron chi connectivity index (χ0n) is 33.4. The maximum atomic E-state index is 14.2. The molecule has 3 heterocycles. The Morgan fingerprint density at radius 2 is 1.55 bits per heavy atom. The topological polar surface area (TPSA) is 186 Å². The number of aliphatic hydroxyl groups excluding tert-OH is 2. The molecule has 0 spiro atoms. The summed E-state index contributed by atoms with van der Waals surface area (Å²) in [7, 11) is 1.53. The Kier molecular flexibility index (Phi) is 15.0. The predicted molar refractivity (Wildman–Crippen MR) is 190 cm³/mol. The maximum Gasteiger partial charge on any atom is 0.311 e. The van der Waals surface area contributed by atoms with Gasteiger partial charge in [-0.15, -0.1) is 0 Å². The first kappa shape index (κ1) is 44.4. The van der Waals surface area contributed by atoms with Gasteiger partial charge in [-0.2, -0.15) is 0 Å². The van der Waals surface area contributed by atoms with Gasteiger partial charge < -0.3 is 59.3 Å². The van der Waals surface area contributed by atoms with E-state index < -0.39 is 95.5 Å². The Morgan fingerprint density at radius 1 is 0.922 bits per heavy atom. The second kappa shape index (κ2) is 17.2. The number of hydrogen-bond acceptors (Lipinski definition) is 13. The molecule has 3 fully saturated rings. The molecule has 3 aliphatic heterocycles. The molecular weight excluding hydrogens is 662 g/mol. The van der Waals surface area contributed by atoms with E-state index in [1.165, 1.54) is 14.0 Å². The van der Waals surface area contributed by atoms with E-state index in [1.807, 2.05) is 34.6 Å². The summed E-state index contributed by atoms with van der Waals surface area (Å²) in [6.07, 6.45) is -6.67. The lowest BCUT2D eigenvalue weighted by molar-refractivity contribution is -0.338. The van der Waals surface area contributed by atoms with Crippen LogP contribution in [0.2, 0.25) is 0 Å². The van der Waals surface area contributed by atoms with Gasteiger partial charge in [0.1, 0.15) is 35.1 Å². The molecule has 0 radical (unpaired) electrons. The van der Waals surface area contributed by atoms with Gasteiger partial charge in [0.2, 0.25) is 0 Å². The van der Waals surface area contributed by atoms with Crippen LogP contribution in [0.3, 0.4) is 0 Å². The molecule has 3 saturated heterocycles. The van der Waals surface area contributed by atoms with Gasteiger partial charge in [0.25, 0.3) is 0 Å². The first-order chi connectivity index (χ1) is 23.5. The number of cyclic esters (lactones) is 1. The summed E-state index contributed by atoms with van der Waals surface area (Å²) in [6, 6.07) is -0.583. The van der Waals surface area contributed by atoms with Gasteiger partial charge in [-0.05, 0) is 92.5 Å². The molecule has 0 amide bonds. The van der Waals surface area contributed by atoms with Crippen LogP contribution in [0.1, 0.15) is 115 Å². The predicted octanol–water partition coefficient (Wildman–Crippen LogP) is 3.04. The Bertz CT molecular complexity index is 1120. The summed E-state index contributed by atoms with van der Waals surface area (Å²) < 4.78 is 37.7. The van der Waals surface area contributed by atoms with E-state index in [2.05, 4.69) is 5.32 Å². The number of hydrogen-bond donors (Lipinski definition) is 6. The zero-order valence-corrected chi connectivity index (χ0v) is 33.4. The first-order valence-corrected chi connectivity index (χ1v) is 19.1. The number of aliphatic hydroxyl groups is 5. The molecule has 18 atom stereocenters. The third kappa shape index (κ3) is 9.47. The second-order valence-electron chi connectivity index (χ2n) is 16.8. The maximum absolute atomic E-state index is 14.2. The molecule has 13 nitrogen and oxygen atoms in total. The lowest BCUT2D eigenvalue weighted by Gasteiger charge is -2.53. The fourth-order valence-electron chi connectivity index (χ4n) is 8.84. The summed E-state index contributed by atoms with van der Waals surface area (Å²) in [4.78, 5) is 14.2. The normalized spacial score (nSPS) is 51.3. The third-order valence-electron chi connectivity index (χ3n) is 12.4. The number of carbonyl (C=O) groups excluding carboxylic acids is 1. The lowest BCUT2D eigenvalue weighted by Crippen LogP contribution is -2.66. The minimum absolute atomic E-state index is 0.127. The van der Waals surface area contributed by atoms with Crippen molar-refractivity contribution in [1.29, 1.82) is 0 Å². The van der Waals surface area contributed by atoms with Crippen molar-refractivity contribution in [2.75, 3.05) is 13.7 Å². The number of ether oxygens (including phenoxy) is 6. The van der Waals surface area contributed by atoms with Crippen molar-refractivity contribution in [2.45, 2.75) is 199 Å². The molecule has 0 aromatic rings. The van der Waals surface area contributed by atoms with Gasteiger partial charge in [-0.25, -0.2) is 0 Å². The first-order valence-electron chi connectivity index (χ1n) is 19.1. The number of methoxy groups -OCH3 is 1. The lowest BCUT2D eigenvalue weighted by atomic mass is 9.74. The molecule has 51 heavy (non-hydrogen) atoms. The molecule has 0 aromatic carbocycles. The summed E-state index contributed by atoms with van der Waals surface area (Å²) in [5.74, 6) is -2.70. The summed E-state index contributed by atoms with van der Waals surface area (Å²) >= 11 is 0. The van der Waals surface area contributed by atoms with Crippen LogP contribution < -0.4 is 5.32 Å². The number of nitrogens with one attached hydrogen (secondary N) is 1. The highest BCUT2D eigenvalue weighted by molar-refractivity contribution is 5.73. The van der Waals surface area contributed by atoms with Crippen LogP contribution >= 0.6 is 0 Å². The van der Waals surface area contributed by atoms with E-state index in [1.54, 1.807) is 41.5 Å². The van der Waals surface area contributed by atoms with Crippen LogP contribution in [-0.2, 0) is 33.2 Å². The van der Waals surface area contributed by atoms with Gasteiger partial charge in [0.05, 0.1) is 35.9 Å². The van der Waals surface area contributed by atoms with Gasteiger partial charge in [0.15, 0.2) is 12.6 Å². The SMILES string of the molecule is CC[C@H]1OC(=O)[C@H](C)[C@@H](O[C@H]2C[C@@](C)(OC)[C@](O)(CC)C(C)O2)[C@H](C)[C@@H](O[C@@H]2O[C@H](C)C[C@H](C)C2O)[C@](C)(O)C[C@@H](C)CN[C@H](C)[C@@H](O)[C@]1(C)O. The molecule has 3 rings (SSSR count). The van der Waals surface area contributed by atoms with Crippen molar-refractivity contribution in [1.82, 2.24) is 5.32 Å². The van der Waals surface area contributed by atoms with Crippen LogP contribution in [0, 0.1) is 23.7 Å². The standard InChI is InChI=1S/C38H71NO12/c1-14-27-37(12,44)31(41)25(8)39-19-20(3)17-35(10,43)32(51-34-29(40)21(4)16-22(5)47-34)23(6)30(24(7)33(42)49-27)50-28-18-36(11,46-13)38(45,15-2)26(9)48-28/h20-32,34,39-41,43-45H,14-19H2,1-13H3/t20-,21+,22-,23+,24-,25-,26?,27-,28+,29?,30+,31-,32-,34+,35-,36-,37-,38+/m1/s1. The van der Waals surface area contributed by atoms with Crippen molar-refractivity contribution >= 4 is 5.97 Å². The zero-order chi connectivity index (χ0) is 38.9. The molecule has 0 bridgehead atoms. The molecule has 2 unspecified atom stereocenters. The average molecular weight is 734 g/mol. The van der Waals surface area contributed by atoms with Crippen LogP contribution in [0.25, 0.3) is 0 Å². The van der Waals surface area contributed by atoms with E-state index in [4.69, 9.17) is 28.4 Å². The molecule has 0 saturated carbocycles. The van der Waals surface area contributed by atoms with Crippen LogP contribution in [0.4, 0.5) is 0 Å². The highest BCUT2D eigenvalue weighted by atomic mass is 16.7. The minimum atomic E-state index is -1.80. The smallest absolute Gasteiger partial charge is 0.311 e. The monoisotopic (exact) mass is 733 g/mol. The summed E-state index contributed by atoms with van der Waals surface area (Å²) in [6.45, 7) is 21.7. The molecule has 3 aliphatic rings. The van der Waals surface area contributed by atoms with Gasteiger partial charge in [0, 0.05) is 25.5 Å². The number of esters is 1. The fraction of sp³-hybridized carbons (Fsp3) is 0.974. The van der Waals surface area contributed by atoms with Crippen molar-refractivity contribution in [3.63, 3.8) is 0 Å². The molecule has 300 valence electrons. The average Bonchev–Trinajstić information content (AvgIpc) is 3.06. The summed E-state index contributed by atoms with van der Waals surface area (Å²) in [5, 5.41) is 61.4. The van der Waals surface area contributed by atoms with Crippen molar-refractivity contribution in [2.24, 2.45) is 23.7 Å². The third-order valence-corrected chi connectivity index (χ3v) is 12.4. The van der Waals surface area contributed by atoms with Crippen LogP contribution in [0.15, 0.2) is 0 Å². The Balaban J connectivity index is 2.15. The van der Waals surface area contributed by atoms with Crippen molar-refractivity contribution in [3.8, 4) is 0 Å². The summed E-state index contributed by atoms with van der Waals surface area (Å²) in [5.41, 5.74) is -5.72. The Hall–Kier alpha value is -0.970. The van der Waals surface area contributed by atoms with Gasteiger partial charge in [-0.1, -0.05) is 34.6 Å². The van der Waals surface area contributed by atoms with E-state index in [0.717, 1.165) is 0 Å². The minimum Gasteiger partial charge on any atom is -0.459 e. The highest BCUT2D eigenvalue weighted by Gasteiger charge is 2.57. The Morgan fingerprint density at radius 3 is 2.12 bits per heavy atom. The van der Waals surface area contributed by atoms with E-state index in [0.29, 0.717) is 19.4 Å². The molecule has 13 heteroatoms. The molecule has 6 N–H and O–H groups in total. The quantitative estimate of drug-likeness (QED) is 0.210. The van der Waals surface area contributed by atoms with Crippen LogP contribution in [0.5, 0.6) is 0 Å². The van der Waals surface area contributed by atoms with Gasteiger partial charge >= 0.3 is 5.97 Å². The molecular formula is C38H71NO12. The second-order valence-corrected chi connectivity index (χ2v) is 16.8. The number of rotatable bonds is 7. The van der Waals surface area contributed by atoms with E-state index in [-0.39, 0.29) is 37.2 Å². The van der Waals surface area contributed by atoms with E-state index in [9.17, 15) is 30.3 Å². The number of carbonyl (C=O) groups is 1. The van der Waals surface area contributed by atoms with Crippen LogP contribution in [-0.4, -0.2) is 129 Å². The fourth-order valence-corrected chi connectivity index (χ4v) is 8.84. The molecule has 0 aromatic heterocycles. The Labute approximate surface area is 306 Å². The van der Waals surface area contributed by atoms with Crippen molar-refractivity contribution < 1.29 is 58.7 Å². The largest absolute Gasteiger partial charge is 0.459 e. The highest BCUT2D eigenvalue weighted by Crippen LogP contribution is 2.44. The van der Waals surface area contributed by atoms with E-state index >= 15 is 0 Å². The van der Waals surface area contributed by atoms with Crippen molar-refractivity contribution in [3.05, 3.63) is 0 Å².